The molecule has 2 aromatic rings. The van der Waals surface area contributed by atoms with Crippen LogP contribution in [-0.4, -0.2) is 19.4 Å². The number of hydrogen-bond acceptors (Lipinski definition) is 4. The van der Waals surface area contributed by atoms with Crippen LogP contribution in [0.25, 0.3) is 5.78 Å². The molecule has 5 nitrogen and oxygen atoms in total. The molecule has 0 amide bonds. The number of nitrogen functional groups attached to an aromatic ring is 1. The highest BCUT2D eigenvalue weighted by Crippen LogP contribution is 2.14. The van der Waals surface area contributed by atoms with E-state index in [2.05, 4.69) is 30.9 Å². The summed E-state index contributed by atoms with van der Waals surface area (Å²) >= 11 is 3.28. The number of fused-ring (bicyclic) bond motifs is 1. The minimum Gasteiger partial charge on any atom is -0.369 e. The van der Waals surface area contributed by atoms with E-state index in [0.29, 0.717) is 17.6 Å². The molecule has 0 fully saturated rings. The van der Waals surface area contributed by atoms with Crippen LogP contribution < -0.4 is 5.73 Å². The lowest BCUT2D eigenvalue weighted by molar-refractivity contribution is 0.963. The zero-order valence-corrected chi connectivity index (χ0v) is 7.91. The van der Waals surface area contributed by atoms with Crippen LogP contribution in [-0.2, 0) is 0 Å². The van der Waals surface area contributed by atoms with Crippen LogP contribution in [0.4, 0.5) is 5.95 Å². The second kappa shape index (κ2) is 2.41. The zero-order valence-electron chi connectivity index (χ0n) is 6.32. The Morgan fingerprint density at radius 2 is 2.25 bits per heavy atom. The van der Waals surface area contributed by atoms with E-state index in [1.165, 1.54) is 0 Å². The highest BCUT2D eigenvalue weighted by atomic mass is 79.9. The van der Waals surface area contributed by atoms with Crippen molar-refractivity contribution in [1.82, 2.24) is 19.4 Å². The van der Waals surface area contributed by atoms with Gasteiger partial charge in [0.2, 0.25) is 11.7 Å². The van der Waals surface area contributed by atoms with Crippen LogP contribution in [0.1, 0.15) is 5.82 Å². The smallest absolute Gasteiger partial charge is 0.239 e. The molecule has 0 bridgehead atoms. The van der Waals surface area contributed by atoms with Crippen molar-refractivity contribution in [3.63, 3.8) is 0 Å². The van der Waals surface area contributed by atoms with E-state index in [1.807, 2.05) is 0 Å². The molecule has 0 aliphatic heterocycles. The second-order valence-corrected chi connectivity index (χ2v) is 3.16. The summed E-state index contributed by atoms with van der Waals surface area (Å²) in [5, 5.41) is 0. The van der Waals surface area contributed by atoms with Crippen molar-refractivity contribution in [2.45, 2.75) is 6.92 Å². The van der Waals surface area contributed by atoms with E-state index in [9.17, 15) is 0 Å². The highest BCUT2D eigenvalue weighted by molar-refractivity contribution is 9.10. The first-order valence-electron chi connectivity index (χ1n) is 3.31. The first-order chi connectivity index (χ1) is 5.68. The third kappa shape index (κ3) is 0.953. The lowest BCUT2D eigenvalue weighted by Crippen LogP contribution is -2.04. The molecule has 0 aliphatic carbocycles. The van der Waals surface area contributed by atoms with E-state index < -0.39 is 0 Å². The van der Waals surface area contributed by atoms with Crippen LogP contribution in [0.3, 0.4) is 0 Å². The van der Waals surface area contributed by atoms with Crippen molar-refractivity contribution < 1.29 is 0 Å². The van der Waals surface area contributed by atoms with E-state index in [0.717, 1.165) is 4.60 Å². The molecule has 0 saturated heterocycles. The number of aryl methyl sites for hydroxylation is 1. The number of aromatic nitrogens is 4. The normalized spacial score (nSPS) is 10.8. The molecule has 0 unspecified atom stereocenters. The third-order valence-corrected chi connectivity index (χ3v) is 2.03. The van der Waals surface area contributed by atoms with Gasteiger partial charge in [-0.15, -0.1) is 0 Å². The fourth-order valence-electron chi connectivity index (χ4n) is 0.998. The van der Waals surface area contributed by atoms with Crippen molar-refractivity contribution >= 4 is 27.7 Å². The van der Waals surface area contributed by atoms with E-state index in [1.54, 1.807) is 17.5 Å². The number of halogens is 1. The Balaban J connectivity index is 2.93. The SMILES string of the molecule is Cc1nc(N)n2c(Br)cnc2n1. The molecule has 0 aliphatic rings. The molecule has 0 saturated carbocycles. The molecule has 0 aromatic carbocycles. The van der Waals surface area contributed by atoms with Gasteiger partial charge in [0.25, 0.3) is 0 Å². The predicted octanol–water partition coefficient (Wildman–Crippen LogP) is 0.777. The molecule has 2 aromatic heterocycles. The standard InChI is InChI=1S/C6H6BrN5/c1-3-10-5(8)12-4(7)2-9-6(12)11-3/h2H,1H3,(H2,8,9,10,11). The summed E-state index contributed by atoms with van der Waals surface area (Å²) < 4.78 is 2.39. The fourth-order valence-corrected chi connectivity index (χ4v) is 1.44. The Kier molecular flexibility index (Phi) is 1.50. The molecule has 2 N–H and O–H groups in total. The Morgan fingerprint density at radius 1 is 1.50 bits per heavy atom. The number of anilines is 1. The van der Waals surface area contributed by atoms with Crippen LogP contribution in [0.2, 0.25) is 0 Å². The third-order valence-electron chi connectivity index (χ3n) is 1.47. The maximum atomic E-state index is 5.64. The Bertz CT molecular complexity index is 435. The van der Waals surface area contributed by atoms with Gasteiger partial charge in [-0.3, -0.25) is 0 Å². The van der Waals surface area contributed by atoms with E-state index >= 15 is 0 Å². The van der Waals surface area contributed by atoms with Crippen molar-refractivity contribution in [3.8, 4) is 0 Å². The van der Waals surface area contributed by atoms with Crippen LogP contribution in [0.15, 0.2) is 10.8 Å². The molecule has 0 atom stereocenters. The molecular weight excluding hydrogens is 222 g/mol. The van der Waals surface area contributed by atoms with Crippen LogP contribution in [0, 0.1) is 6.92 Å². The molecule has 2 rings (SSSR count). The van der Waals surface area contributed by atoms with Gasteiger partial charge >= 0.3 is 0 Å². The van der Waals surface area contributed by atoms with Gasteiger partial charge in [0.1, 0.15) is 10.4 Å². The summed E-state index contributed by atoms with van der Waals surface area (Å²) in [6, 6.07) is 0. The number of hydrogen-bond donors (Lipinski definition) is 1. The maximum Gasteiger partial charge on any atom is 0.239 e. The topological polar surface area (TPSA) is 69.1 Å². The predicted molar refractivity (Wildman–Crippen MR) is 47.6 cm³/mol. The summed E-state index contributed by atoms with van der Waals surface area (Å²) in [7, 11) is 0. The Labute approximate surface area is 76.8 Å². The molecular formula is C6H6BrN5. The molecule has 0 radical (unpaired) electrons. The largest absolute Gasteiger partial charge is 0.369 e. The number of nitrogens with zero attached hydrogens (tertiary/aromatic N) is 4. The summed E-state index contributed by atoms with van der Waals surface area (Å²) in [5.41, 5.74) is 5.64. The summed E-state index contributed by atoms with van der Waals surface area (Å²) in [6.07, 6.45) is 1.64. The molecule has 6 heteroatoms. The summed E-state index contributed by atoms with van der Waals surface area (Å²) in [5.74, 6) is 1.58. The molecule has 0 spiro atoms. The van der Waals surface area contributed by atoms with Crippen molar-refractivity contribution in [2.75, 3.05) is 5.73 Å². The molecule has 62 valence electrons. The zero-order chi connectivity index (χ0) is 8.72. The van der Waals surface area contributed by atoms with Crippen molar-refractivity contribution in [1.29, 1.82) is 0 Å². The maximum absolute atomic E-state index is 5.64. The minimum atomic E-state index is 0.391. The quantitative estimate of drug-likeness (QED) is 0.723. The van der Waals surface area contributed by atoms with Gasteiger partial charge in [0, 0.05) is 0 Å². The minimum absolute atomic E-state index is 0.391. The Hall–Kier alpha value is -1.17. The second-order valence-electron chi connectivity index (χ2n) is 2.35. The fraction of sp³-hybridized carbons (Fsp3) is 0.167. The van der Waals surface area contributed by atoms with Gasteiger partial charge < -0.3 is 5.73 Å². The average molecular weight is 228 g/mol. The first kappa shape index (κ1) is 7.48. The van der Waals surface area contributed by atoms with Gasteiger partial charge in [0.05, 0.1) is 6.20 Å². The van der Waals surface area contributed by atoms with E-state index in [4.69, 9.17) is 5.73 Å². The van der Waals surface area contributed by atoms with Crippen molar-refractivity contribution in [3.05, 3.63) is 16.6 Å². The van der Waals surface area contributed by atoms with Gasteiger partial charge in [-0.25, -0.2) is 9.38 Å². The molecule has 12 heavy (non-hydrogen) atoms. The lowest BCUT2D eigenvalue weighted by Gasteiger charge is -1.99. The number of rotatable bonds is 0. The first-order valence-corrected chi connectivity index (χ1v) is 4.11. The summed E-state index contributed by atoms with van der Waals surface area (Å²) in [6.45, 7) is 1.78. The van der Waals surface area contributed by atoms with E-state index in [-0.39, 0.29) is 0 Å². The summed E-state index contributed by atoms with van der Waals surface area (Å²) in [4.78, 5) is 12.1. The average Bonchev–Trinajstić information content (AvgIpc) is 2.31. The van der Waals surface area contributed by atoms with Crippen LogP contribution >= 0.6 is 15.9 Å². The lowest BCUT2D eigenvalue weighted by atomic mass is 10.7. The van der Waals surface area contributed by atoms with Gasteiger partial charge in [-0.05, 0) is 22.9 Å². The highest BCUT2D eigenvalue weighted by Gasteiger charge is 2.05. The Morgan fingerprint density at radius 3 is 3.00 bits per heavy atom. The van der Waals surface area contributed by atoms with Crippen LogP contribution in [0.5, 0.6) is 0 Å². The number of nitrogens with two attached hydrogens (primary N) is 1. The number of imidazole rings is 1. The van der Waals surface area contributed by atoms with Gasteiger partial charge in [-0.1, -0.05) is 0 Å². The molecule has 2 heterocycles. The van der Waals surface area contributed by atoms with Crippen molar-refractivity contribution in [2.24, 2.45) is 0 Å². The van der Waals surface area contributed by atoms with Gasteiger partial charge in [0.15, 0.2) is 0 Å². The van der Waals surface area contributed by atoms with Gasteiger partial charge in [-0.2, -0.15) is 9.97 Å². The monoisotopic (exact) mass is 227 g/mol.